The average molecular weight is 79.1 g/mol. The highest BCUT2D eigenvalue weighted by atomic mass is 14.7. The summed E-state index contributed by atoms with van der Waals surface area (Å²) < 4.78 is 0. The van der Waals surface area contributed by atoms with Crippen LogP contribution in [0.2, 0.25) is 0 Å². The minimum absolute atomic E-state index is 0.802. The molecule has 0 amide bonds. The first-order valence-electron chi connectivity index (χ1n) is 1.90. The summed E-state index contributed by atoms with van der Waals surface area (Å²) in [7, 11) is 0. The molecule has 0 aromatic rings. The lowest BCUT2D eigenvalue weighted by Gasteiger charge is -1.78. The monoisotopic (exact) mass is 79.0 g/mol. The molecular weight excluding hydrogens is 74.1 g/mol. The molecule has 1 heterocycles. The molecule has 6 heavy (non-hydrogen) atoms. The molecule has 0 radical (unpaired) electrons. The Hall–Kier alpha value is -0.810. The zero-order valence-corrected chi connectivity index (χ0v) is 3.39. The third kappa shape index (κ3) is 0.568. The molecular formula is C5H5N. The predicted molar refractivity (Wildman–Crippen MR) is 26.0 cm³/mol. The van der Waals surface area contributed by atoms with Crippen molar-refractivity contribution in [2.75, 3.05) is 6.54 Å². The molecule has 0 aliphatic carbocycles. The van der Waals surface area contributed by atoms with Crippen molar-refractivity contribution >= 4 is 5.87 Å². The first-order valence-corrected chi connectivity index (χ1v) is 1.90. The largest absolute Gasteiger partial charge is 0.239 e. The van der Waals surface area contributed by atoms with Gasteiger partial charge in [0.2, 0.25) is 0 Å². The van der Waals surface area contributed by atoms with Crippen LogP contribution in [-0.4, -0.2) is 12.4 Å². The molecule has 0 aromatic heterocycles. The maximum atomic E-state index is 3.78. The van der Waals surface area contributed by atoms with E-state index in [0.29, 0.717) is 0 Å². The third-order valence-corrected chi connectivity index (χ3v) is 0.595. The molecule has 0 N–H and O–H groups in total. The van der Waals surface area contributed by atoms with Gasteiger partial charge < -0.3 is 0 Å². The standard InChI is InChI=1S/C5H5N/c1-2-4-6-5-3-1/h1-3H,4H2. The Labute approximate surface area is 36.7 Å². The van der Waals surface area contributed by atoms with Crippen molar-refractivity contribution in [1.82, 2.24) is 0 Å². The molecule has 0 bridgehead atoms. The topological polar surface area (TPSA) is 12.4 Å². The fraction of sp³-hybridized carbons (Fsp3) is 0.200. The third-order valence-electron chi connectivity index (χ3n) is 0.595. The van der Waals surface area contributed by atoms with Crippen molar-refractivity contribution in [3.63, 3.8) is 0 Å². The molecule has 0 aromatic carbocycles. The van der Waals surface area contributed by atoms with Gasteiger partial charge in [0, 0.05) is 0 Å². The van der Waals surface area contributed by atoms with Gasteiger partial charge in [0.05, 0.1) is 6.54 Å². The van der Waals surface area contributed by atoms with Crippen LogP contribution in [-0.2, 0) is 0 Å². The second-order valence-corrected chi connectivity index (χ2v) is 1.06. The lowest BCUT2D eigenvalue weighted by Crippen LogP contribution is -1.72. The van der Waals surface area contributed by atoms with Crippen molar-refractivity contribution in [2.45, 2.75) is 0 Å². The maximum Gasteiger partial charge on any atom is 0.0668 e. The van der Waals surface area contributed by atoms with Gasteiger partial charge >= 0.3 is 0 Å². The smallest absolute Gasteiger partial charge is 0.0668 e. The Bertz CT molecular complexity index is 116. The summed E-state index contributed by atoms with van der Waals surface area (Å²) in [5.74, 6) is 2.70. The van der Waals surface area contributed by atoms with E-state index < -0.39 is 0 Å². The van der Waals surface area contributed by atoms with Crippen LogP contribution in [0.1, 0.15) is 0 Å². The number of rotatable bonds is 0. The first kappa shape index (κ1) is 3.38. The molecule has 0 spiro atoms. The van der Waals surface area contributed by atoms with E-state index in [4.69, 9.17) is 0 Å². The van der Waals surface area contributed by atoms with Crippen LogP contribution in [0, 0.1) is 0 Å². The van der Waals surface area contributed by atoms with E-state index in [2.05, 4.69) is 10.9 Å². The number of aliphatic imine (C=N–C) groups is 1. The summed E-state index contributed by atoms with van der Waals surface area (Å²) in [6.45, 7) is 0.802. The van der Waals surface area contributed by atoms with Crippen molar-refractivity contribution in [2.24, 2.45) is 4.99 Å². The van der Waals surface area contributed by atoms with Gasteiger partial charge in [-0.3, -0.25) is 0 Å². The minimum atomic E-state index is 0.802. The molecule has 1 rings (SSSR count). The van der Waals surface area contributed by atoms with Gasteiger partial charge in [0.15, 0.2) is 0 Å². The highest BCUT2D eigenvalue weighted by molar-refractivity contribution is 5.56. The predicted octanol–water partition coefficient (Wildman–Crippen LogP) is 0.782. The normalized spacial score (nSPS) is 16.0. The summed E-state index contributed by atoms with van der Waals surface area (Å²) in [5, 5.41) is 0. The summed E-state index contributed by atoms with van der Waals surface area (Å²) >= 11 is 0. The van der Waals surface area contributed by atoms with Gasteiger partial charge in [0.25, 0.3) is 0 Å². The molecule has 1 aliphatic rings. The molecule has 1 aliphatic heterocycles. The van der Waals surface area contributed by atoms with E-state index in [0.717, 1.165) is 6.54 Å². The molecule has 0 fully saturated rings. The summed E-state index contributed by atoms with van der Waals surface area (Å²) in [6, 6.07) is 0. The lowest BCUT2D eigenvalue weighted by molar-refractivity contribution is 1.25. The number of nitrogens with zero attached hydrogens (tertiary/aromatic N) is 1. The van der Waals surface area contributed by atoms with E-state index in [1.807, 2.05) is 12.2 Å². The van der Waals surface area contributed by atoms with E-state index in [-0.39, 0.29) is 0 Å². The van der Waals surface area contributed by atoms with E-state index in [9.17, 15) is 0 Å². The van der Waals surface area contributed by atoms with Crippen molar-refractivity contribution in [3.05, 3.63) is 18.2 Å². The Balaban J connectivity index is 2.78. The Morgan fingerprint density at radius 3 is 2.83 bits per heavy atom. The van der Waals surface area contributed by atoms with Crippen molar-refractivity contribution in [1.29, 1.82) is 0 Å². The fourth-order valence-corrected chi connectivity index (χ4v) is 0.330. The summed E-state index contributed by atoms with van der Waals surface area (Å²) in [6.07, 6.45) is 5.72. The Morgan fingerprint density at radius 2 is 2.67 bits per heavy atom. The quantitative estimate of drug-likeness (QED) is 0.407. The second kappa shape index (κ2) is 1.58. The molecule has 0 unspecified atom stereocenters. The van der Waals surface area contributed by atoms with Crippen LogP contribution in [0.15, 0.2) is 23.2 Å². The van der Waals surface area contributed by atoms with Gasteiger partial charge in [-0.05, 0) is 11.9 Å². The van der Waals surface area contributed by atoms with Crippen LogP contribution in [0.4, 0.5) is 0 Å². The molecule has 0 saturated heterocycles. The lowest BCUT2D eigenvalue weighted by atomic mass is 10.4. The maximum absolute atomic E-state index is 3.78. The first-order chi connectivity index (χ1) is 3.00. The molecule has 30 valence electrons. The van der Waals surface area contributed by atoms with Crippen LogP contribution < -0.4 is 0 Å². The van der Waals surface area contributed by atoms with Crippen molar-refractivity contribution in [3.8, 4) is 0 Å². The molecule has 0 atom stereocenters. The molecule has 1 nitrogen and oxygen atoms in total. The van der Waals surface area contributed by atoms with Crippen LogP contribution in [0.3, 0.4) is 0 Å². The van der Waals surface area contributed by atoms with E-state index >= 15 is 0 Å². The number of hydrogen-bond donors (Lipinski definition) is 0. The fourth-order valence-electron chi connectivity index (χ4n) is 0.330. The molecule has 1 heteroatoms. The van der Waals surface area contributed by atoms with Gasteiger partial charge in [0.1, 0.15) is 0 Å². The minimum Gasteiger partial charge on any atom is -0.239 e. The van der Waals surface area contributed by atoms with E-state index in [1.54, 1.807) is 6.08 Å². The highest BCUT2D eigenvalue weighted by Gasteiger charge is 1.69. The van der Waals surface area contributed by atoms with Gasteiger partial charge in [-0.25, -0.2) is 4.99 Å². The summed E-state index contributed by atoms with van der Waals surface area (Å²) in [5.41, 5.74) is 0. The zero-order valence-electron chi connectivity index (χ0n) is 3.39. The van der Waals surface area contributed by atoms with Gasteiger partial charge in [-0.2, -0.15) is 0 Å². The van der Waals surface area contributed by atoms with Gasteiger partial charge in [-0.1, -0.05) is 12.2 Å². The number of hydrogen-bond acceptors (Lipinski definition) is 1. The van der Waals surface area contributed by atoms with Gasteiger partial charge in [-0.15, -0.1) is 0 Å². The van der Waals surface area contributed by atoms with Crippen molar-refractivity contribution < 1.29 is 0 Å². The second-order valence-electron chi connectivity index (χ2n) is 1.06. The summed E-state index contributed by atoms with van der Waals surface area (Å²) in [4.78, 5) is 3.78. The zero-order chi connectivity index (χ0) is 4.24. The number of allylic oxidation sites excluding steroid dienone is 2. The molecule has 0 saturated carbocycles. The average Bonchev–Trinajstić information content (AvgIpc) is 1.72. The van der Waals surface area contributed by atoms with E-state index in [1.165, 1.54) is 0 Å². The Kier molecular flexibility index (Phi) is 0.892. The Morgan fingerprint density at radius 1 is 1.67 bits per heavy atom. The van der Waals surface area contributed by atoms with Crippen LogP contribution >= 0.6 is 0 Å². The van der Waals surface area contributed by atoms with Crippen LogP contribution in [0.25, 0.3) is 0 Å². The SMILES string of the molecule is C1=CC=CCN=1. The highest BCUT2D eigenvalue weighted by Crippen LogP contribution is 1.78. The van der Waals surface area contributed by atoms with Crippen LogP contribution in [0.5, 0.6) is 0 Å².